The van der Waals surface area contributed by atoms with E-state index in [-0.39, 0.29) is 0 Å². The number of aromatic amines is 1. The van der Waals surface area contributed by atoms with Gasteiger partial charge in [-0.15, -0.1) is 11.3 Å². The van der Waals surface area contributed by atoms with Crippen molar-refractivity contribution in [1.82, 2.24) is 9.97 Å². The lowest BCUT2D eigenvalue weighted by Gasteiger charge is -2.00. The van der Waals surface area contributed by atoms with Crippen molar-refractivity contribution in [2.24, 2.45) is 0 Å². The van der Waals surface area contributed by atoms with Crippen molar-refractivity contribution in [2.45, 2.75) is 0 Å². The van der Waals surface area contributed by atoms with Gasteiger partial charge in [-0.3, -0.25) is 0 Å². The Hall–Kier alpha value is -1.87. The van der Waals surface area contributed by atoms with Crippen LogP contribution in [-0.2, 0) is 0 Å². The molecule has 76 valence electrons. The SMILES string of the molecule is c1cc2ccc3c(ccc4scnc43)c2[nH]1. The van der Waals surface area contributed by atoms with Crippen LogP contribution in [0, 0.1) is 0 Å². The van der Waals surface area contributed by atoms with Crippen molar-refractivity contribution in [3.8, 4) is 0 Å². The predicted octanol–water partition coefficient (Wildman–Crippen LogP) is 3.93. The van der Waals surface area contributed by atoms with Gasteiger partial charge in [0.25, 0.3) is 0 Å². The van der Waals surface area contributed by atoms with Gasteiger partial charge in [-0.25, -0.2) is 4.98 Å². The molecule has 0 bridgehead atoms. The topological polar surface area (TPSA) is 28.7 Å². The van der Waals surface area contributed by atoms with Crippen molar-refractivity contribution in [2.75, 3.05) is 0 Å². The van der Waals surface area contributed by atoms with E-state index in [2.05, 4.69) is 40.3 Å². The second-order valence-electron chi connectivity index (χ2n) is 3.87. The highest BCUT2D eigenvalue weighted by Gasteiger charge is 2.06. The number of benzene rings is 2. The van der Waals surface area contributed by atoms with Gasteiger partial charge >= 0.3 is 0 Å². The van der Waals surface area contributed by atoms with Gasteiger partial charge in [-0.2, -0.15) is 0 Å². The number of rotatable bonds is 0. The third kappa shape index (κ3) is 0.933. The van der Waals surface area contributed by atoms with Crippen LogP contribution in [0.2, 0.25) is 0 Å². The van der Waals surface area contributed by atoms with Crippen LogP contribution in [0.5, 0.6) is 0 Å². The molecule has 0 saturated carbocycles. The van der Waals surface area contributed by atoms with Crippen LogP contribution in [0.4, 0.5) is 0 Å². The average molecular weight is 224 g/mol. The molecule has 0 aliphatic heterocycles. The van der Waals surface area contributed by atoms with E-state index in [1.807, 2.05) is 11.7 Å². The summed E-state index contributed by atoms with van der Waals surface area (Å²) in [7, 11) is 0. The molecule has 0 saturated heterocycles. The summed E-state index contributed by atoms with van der Waals surface area (Å²) in [6, 6.07) is 10.7. The highest BCUT2D eigenvalue weighted by molar-refractivity contribution is 7.16. The lowest BCUT2D eigenvalue weighted by atomic mass is 10.1. The summed E-state index contributed by atoms with van der Waals surface area (Å²) in [5.74, 6) is 0. The summed E-state index contributed by atoms with van der Waals surface area (Å²) >= 11 is 1.69. The zero-order valence-corrected chi connectivity index (χ0v) is 9.21. The Kier molecular flexibility index (Phi) is 1.47. The maximum absolute atomic E-state index is 4.44. The summed E-state index contributed by atoms with van der Waals surface area (Å²) in [4.78, 5) is 7.74. The molecule has 1 N–H and O–H groups in total. The first-order valence-corrected chi connectivity index (χ1v) is 6.03. The molecular weight excluding hydrogens is 216 g/mol. The van der Waals surface area contributed by atoms with Gasteiger partial charge in [-0.05, 0) is 12.1 Å². The molecule has 0 fully saturated rings. The van der Waals surface area contributed by atoms with Crippen molar-refractivity contribution >= 4 is 43.2 Å². The van der Waals surface area contributed by atoms with Gasteiger partial charge in [0.05, 0.1) is 21.2 Å². The van der Waals surface area contributed by atoms with E-state index in [0.717, 1.165) is 5.52 Å². The zero-order valence-electron chi connectivity index (χ0n) is 8.40. The third-order valence-corrected chi connectivity index (χ3v) is 3.81. The van der Waals surface area contributed by atoms with Crippen molar-refractivity contribution in [3.05, 3.63) is 42.0 Å². The first-order valence-electron chi connectivity index (χ1n) is 5.15. The van der Waals surface area contributed by atoms with E-state index in [1.54, 1.807) is 11.3 Å². The molecule has 0 aliphatic carbocycles. The van der Waals surface area contributed by atoms with Crippen LogP contribution in [-0.4, -0.2) is 9.97 Å². The van der Waals surface area contributed by atoms with Gasteiger partial charge in [0, 0.05) is 22.4 Å². The van der Waals surface area contributed by atoms with Crippen LogP contribution in [0.15, 0.2) is 42.0 Å². The smallest absolute Gasteiger partial charge is 0.0891 e. The molecule has 2 heterocycles. The summed E-state index contributed by atoms with van der Waals surface area (Å²) in [5.41, 5.74) is 4.22. The van der Waals surface area contributed by atoms with Crippen LogP contribution < -0.4 is 0 Å². The molecule has 4 aromatic rings. The van der Waals surface area contributed by atoms with Crippen molar-refractivity contribution < 1.29 is 0 Å². The molecule has 0 unspecified atom stereocenters. The van der Waals surface area contributed by atoms with Crippen LogP contribution in [0.25, 0.3) is 31.9 Å². The Morgan fingerprint density at radius 3 is 2.94 bits per heavy atom. The maximum atomic E-state index is 4.44. The number of H-pyrrole nitrogens is 1. The maximum Gasteiger partial charge on any atom is 0.0891 e. The lowest BCUT2D eigenvalue weighted by molar-refractivity contribution is 1.49. The monoisotopic (exact) mass is 224 g/mol. The summed E-state index contributed by atoms with van der Waals surface area (Å²) < 4.78 is 1.25. The zero-order chi connectivity index (χ0) is 10.5. The lowest BCUT2D eigenvalue weighted by Crippen LogP contribution is -1.77. The van der Waals surface area contributed by atoms with Crippen LogP contribution >= 0.6 is 11.3 Å². The van der Waals surface area contributed by atoms with E-state index < -0.39 is 0 Å². The number of thiazole rings is 1. The number of fused-ring (bicyclic) bond motifs is 5. The first-order chi connectivity index (χ1) is 7.93. The molecule has 3 heteroatoms. The number of nitrogens with one attached hydrogen (secondary N) is 1. The second kappa shape index (κ2) is 2.83. The minimum Gasteiger partial charge on any atom is -0.361 e. The van der Waals surface area contributed by atoms with Crippen LogP contribution in [0.1, 0.15) is 0 Å². The summed E-state index contributed by atoms with van der Waals surface area (Å²) in [6.45, 7) is 0. The molecule has 0 amide bonds. The standard InChI is InChI=1S/C13H8N2S/c1-2-10-9(12-8(1)5-6-14-12)3-4-11-13(10)15-7-16-11/h1-7,14H. The van der Waals surface area contributed by atoms with Crippen molar-refractivity contribution in [1.29, 1.82) is 0 Å². The molecule has 0 spiro atoms. The Labute approximate surface area is 95.5 Å². The Bertz CT molecular complexity index is 741. The molecule has 2 aromatic heterocycles. The van der Waals surface area contributed by atoms with E-state index in [9.17, 15) is 0 Å². The minimum atomic E-state index is 1.11. The largest absolute Gasteiger partial charge is 0.361 e. The molecular formula is C13H8N2S. The van der Waals surface area contributed by atoms with Gasteiger partial charge in [0.1, 0.15) is 0 Å². The fourth-order valence-corrected chi connectivity index (χ4v) is 2.96. The number of hydrogen-bond acceptors (Lipinski definition) is 2. The van der Waals surface area contributed by atoms with E-state index in [4.69, 9.17) is 0 Å². The highest BCUT2D eigenvalue weighted by atomic mass is 32.1. The van der Waals surface area contributed by atoms with Gasteiger partial charge in [0.15, 0.2) is 0 Å². The third-order valence-electron chi connectivity index (χ3n) is 3.02. The van der Waals surface area contributed by atoms with Gasteiger partial charge in [0.2, 0.25) is 0 Å². The van der Waals surface area contributed by atoms with E-state index in [0.29, 0.717) is 0 Å². The minimum absolute atomic E-state index is 1.11. The average Bonchev–Trinajstić information content (AvgIpc) is 2.96. The Balaban J connectivity index is 2.38. The fourth-order valence-electron chi connectivity index (χ4n) is 2.27. The second-order valence-corrected chi connectivity index (χ2v) is 4.75. The van der Waals surface area contributed by atoms with Crippen molar-refractivity contribution in [3.63, 3.8) is 0 Å². The molecule has 2 nitrogen and oxygen atoms in total. The molecule has 0 aliphatic rings. The molecule has 2 aromatic carbocycles. The van der Waals surface area contributed by atoms with E-state index in [1.165, 1.54) is 26.4 Å². The number of aromatic nitrogens is 2. The molecule has 4 rings (SSSR count). The predicted molar refractivity (Wildman–Crippen MR) is 69.0 cm³/mol. The summed E-state index contributed by atoms with van der Waals surface area (Å²) in [5, 5.41) is 3.73. The number of nitrogens with zero attached hydrogens (tertiary/aromatic N) is 1. The normalized spacial score (nSPS) is 11.8. The fraction of sp³-hybridized carbons (Fsp3) is 0. The van der Waals surface area contributed by atoms with Gasteiger partial charge < -0.3 is 4.98 Å². The quantitative estimate of drug-likeness (QED) is 0.481. The molecule has 16 heavy (non-hydrogen) atoms. The summed E-state index contributed by atoms with van der Waals surface area (Å²) in [6.07, 6.45) is 1.98. The Morgan fingerprint density at radius 1 is 1.00 bits per heavy atom. The molecule has 0 atom stereocenters. The number of hydrogen-bond donors (Lipinski definition) is 1. The van der Waals surface area contributed by atoms with Crippen LogP contribution in [0.3, 0.4) is 0 Å². The first kappa shape index (κ1) is 8.30. The molecule has 0 radical (unpaired) electrons. The highest BCUT2D eigenvalue weighted by Crippen LogP contribution is 2.31. The van der Waals surface area contributed by atoms with E-state index >= 15 is 0 Å². The Morgan fingerprint density at radius 2 is 1.94 bits per heavy atom. The van der Waals surface area contributed by atoms with Gasteiger partial charge in [-0.1, -0.05) is 18.2 Å².